The highest BCUT2D eigenvalue weighted by molar-refractivity contribution is 14.1. The summed E-state index contributed by atoms with van der Waals surface area (Å²) >= 11 is 2.07. The fourth-order valence-electron chi connectivity index (χ4n) is 2.63. The molecule has 1 fully saturated rings. The first-order valence-corrected chi connectivity index (χ1v) is 9.23. The molecule has 0 amide bonds. The number of alkyl halides is 4. The number of carboxylic acids is 1. The first kappa shape index (κ1) is 19.1. The zero-order chi connectivity index (χ0) is 18.9. The maximum Gasteiger partial charge on any atom is 0.416 e. The van der Waals surface area contributed by atoms with Gasteiger partial charge in [-0.3, -0.25) is 4.79 Å². The van der Waals surface area contributed by atoms with Crippen molar-refractivity contribution in [3.63, 3.8) is 0 Å². The van der Waals surface area contributed by atoms with Gasteiger partial charge < -0.3 is 14.6 Å². The van der Waals surface area contributed by atoms with Crippen molar-refractivity contribution in [1.82, 2.24) is 0 Å². The lowest BCUT2D eigenvalue weighted by molar-refractivity contribution is -0.139. The number of hydrogen-bond acceptors (Lipinski definition) is 3. The lowest BCUT2D eigenvalue weighted by atomic mass is 10.1. The highest BCUT2D eigenvalue weighted by Gasteiger charge is 2.56. The number of ether oxygens (including phenoxy) is 2. The minimum atomic E-state index is -4.35. The minimum absolute atomic E-state index is 0.0478. The fraction of sp³-hybridized carbons (Fsp3) is 0.389. The lowest BCUT2D eigenvalue weighted by Crippen LogP contribution is -2.07. The van der Waals surface area contributed by atoms with E-state index in [1.807, 2.05) is 6.08 Å². The molecule has 1 N–H and O–H groups in total. The Hall–Kier alpha value is -1.71. The molecule has 8 heteroatoms. The minimum Gasteiger partial charge on any atom is -0.493 e. The number of hydrogen-bond donors (Lipinski definition) is 1. The Balaban J connectivity index is 1.54. The van der Waals surface area contributed by atoms with Crippen LogP contribution < -0.4 is 0 Å². The van der Waals surface area contributed by atoms with Crippen LogP contribution in [0.15, 0.2) is 47.9 Å². The van der Waals surface area contributed by atoms with E-state index < -0.39 is 23.6 Å². The quantitative estimate of drug-likeness (QED) is 0.475. The van der Waals surface area contributed by atoms with Gasteiger partial charge in [0.25, 0.3) is 0 Å². The van der Waals surface area contributed by atoms with Gasteiger partial charge in [-0.2, -0.15) is 13.2 Å². The van der Waals surface area contributed by atoms with Crippen molar-refractivity contribution in [1.29, 1.82) is 0 Å². The molecule has 2 aliphatic carbocycles. The van der Waals surface area contributed by atoms with Crippen LogP contribution in [0.3, 0.4) is 0 Å². The average Bonchev–Trinajstić information content (AvgIpc) is 3.22. The Morgan fingerprint density at radius 3 is 2.54 bits per heavy atom. The first-order valence-electron chi connectivity index (χ1n) is 7.99. The summed E-state index contributed by atoms with van der Waals surface area (Å²) in [5, 5.41) is 9.04. The van der Waals surface area contributed by atoms with E-state index in [2.05, 4.69) is 22.6 Å². The van der Waals surface area contributed by atoms with E-state index in [9.17, 15) is 18.0 Å². The molecule has 1 aromatic rings. The predicted molar refractivity (Wildman–Crippen MR) is 95.4 cm³/mol. The largest absolute Gasteiger partial charge is 0.493 e. The van der Waals surface area contributed by atoms with Gasteiger partial charge in [-0.1, -0.05) is 34.7 Å². The molecule has 0 bridgehead atoms. The molecule has 0 spiro atoms. The van der Waals surface area contributed by atoms with Gasteiger partial charge in [0.1, 0.15) is 30.1 Å². The Kier molecular flexibility index (Phi) is 5.50. The van der Waals surface area contributed by atoms with Gasteiger partial charge in [-0.15, -0.1) is 0 Å². The van der Waals surface area contributed by atoms with Gasteiger partial charge in [-0.25, -0.2) is 0 Å². The van der Waals surface area contributed by atoms with Gasteiger partial charge in [-0.05, 0) is 30.2 Å². The molecular weight excluding hydrogens is 464 g/mol. The number of aliphatic carboxylic acids is 1. The number of carboxylic acid groups (broad SMARTS) is 1. The third-order valence-corrected chi connectivity index (χ3v) is 5.65. The zero-order valence-corrected chi connectivity index (χ0v) is 15.7. The standard InChI is InChI=1S/C18H16F3IO4/c19-18(20,21)11-6-4-10(5-7-11)9-25-12-2-1-3-13(8-12)26-16-14(15(16)22)17(23)24/h2,4-8,14-16H,1,3,9H2,(H,23,24)/t14-,15-,16+/m1/s1. The van der Waals surface area contributed by atoms with Crippen LogP contribution in [0.5, 0.6) is 0 Å². The molecule has 0 aromatic heterocycles. The molecule has 0 saturated heterocycles. The van der Waals surface area contributed by atoms with Crippen molar-refractivity contribution in [2.75, 3.05) is 0 Å². The van der Waals surface area contributed by atoms with Crippen LogP contribution in [0.25, 0.3) is 0 Å². The van der Waals surface area contributed by atoms with Gasteiger partial charge in [0, 0.05) is 12.5 Å². The van der Waals surface area contributed by atoms with Crippen molar-refractivity contribution >= 4 is 28.6 Å². The van der Waals surface area contributed by atoms with Crippen molar-refractivity contribution in [3.8, 4) is 0 Å². The first-order chi connectivity index (χ1) is 12.3. The molecule has 3 atom stereocenters. The second-order valence-electron chi connectivity index (χ2n) is 6.13. The van der Waals surface area contributed by atoms with E-state index in [0.717, 1.165) is 12.1 Å². The Morgan fingerprint density at radius 2 is 1.96 bits per heavy atom. The van der Waals surface area contributed by atoms with E-state index in [0.29, 0.717) is 29.9 Å². The van der Waals surface area contributed by atoms with E-state index in [1.54, 1.807) is 6.08 Å². The number of allylic oxidation sites excluding steroid dienone is 3. The molecular formula is C18H16F3IO4. The molecule has 4 nitrogen and oxygen atoms in total. The second kappa shape index (κ2) is 7.50. The van der Waals surface area contributed by atoms with Crippen molar-refractivity contribution in [2.45, 2.75) is 35.7 Å². The van der Waals surface area contributed by atoms with Crippen LogP contribution in [0.4, 0.5) is 13.2 Å². The number of benzene rings is 1. The SMILES string of the molecule is O=C(O)[C@@H]1[C@@H](I)[C@H]1OC1=CC(OCc2ccc(C(F)(F)F)cc2)=CCC1. The maximum absolute atomic E-state index is 12.6. The van der Waals surface area contributed by atoms with Crippen molar-refractivity contribution in [2.24, 2.45) is 5.92 Å². The summed E-state index contributed by atoms with van der Waals surface area (Å²) in [7, 11) is 0. The molecule has 2 aliphatic rings. The zero-order valence-electron chi connectivity index (χ0n) is 13.5. The third kappa shape index (κ3) is 4.52. The number of rotatable bonds is 6. The molecule has 1 saturated carbocycles. The average molecular weight is 480 g/mol. The predicted octanol–water partition coefficient (Wildman–Crippen LogP) is 4.69. The molecule has 1 aromatic carbocycles. The topological polar surface area (TPSA) is 55.8 Å². The van der Waals surface area contributed by atoms with Crippen molar-refractivity contribution < 1.29 is 32.5 Å². The highest BCUT2D eigenvalue weighted by Crippen LogP contribution is 2.43. The molecule has 140 valence electrons. The molecule has 0 heterocycles. The molecule has 0 unspecified atom stereocenters. The van der Waals surface area contributed by atoms with E-state index in [4.69, 9.17) is 14.6 Å². The van der Waals surface area contributed by atoms with Gasteiger partial charge in [0.15, 0.2) is 0 Å². The van der Waals surface area contributed by atoms with Gasteiger partial charge in [0.2, 0.25) is 0 Å². The van der Waals surface area contributed by atoms with E-state index >= 15 is 0 Å². The summed E-state index contributed by atoms with van der Waals surface area (Å²) in [6.45, 7) is 0.143. The van der Waals surface area contributed by atoms with Crippen LogP contribution in [-0.4, -0.2) is 21.1 Å². The summed E-state index contributed by atoms with van der Waals surface area (Å²) < 4.78 is 49.0. The molecule has 0 aliphatic heterocycles. The van der Waals surface area contributed by atoms with Crippen molar-refractivity contribution in [3.05, 3.63) is 59.1 Å². The van der Waals surface area contributed by atoms with Crippen LogP contribution in [0.1, 0.15) is 24.0 Å². The summed E-state index contributed by atoms with van der Waals surface area (Å²) in [5.74, 6) is -0.104. The van der Waals surface area contributed by atoms with E-state index in [1.165, 1.54) is 12.1 Å². The third-order valence-electron chi connectivity index (χ3n) is 4.17. The number of halogens is 4. The van der Waals surface area contributed by atoms with Crippen LogP contribution >= 0.6 is 22.6 Å². The maximum atomic E-state index is 12.6. The normalized spacial score (nSPS) is 25.2. The van der Waals surface area contributed by atoms with E-state index in [-0.39, 0.29) is 16.6 Å². The van der Waals surface area contributed by atoms with Crippen LogP contribution in [-0.2, 0) is 27.1 Å². The van der Waals surface area contributed by atoms with Gasteiger partial charge in [0.05, 0.1) is 9.49 Å². The summed E-state index contributed by atoms with van der Waals surface area (Å²) in [5.41, 5.74) is -0.0692. The van der Waals surface area contributed by atoms with Gasteiger partial charge >= 0.3 is 12.1 Å². The van der Waals surface area contributed by atoms with Crippen LogP contribution in [0.2, 0.25) is 0 Å². The Morgan fingerprint density at radius 1 is 1.27 bits per heavy atom. The highest BCUT2D eigenvalue weighted by atomic mass is 127. The smallest absolute Gasteiger partial charge is 0.416 e. The Bertz CT molecular complexity index is 740. The molecule has 26 heavy (non-hydrogen) atoms. The molecule has 0 radical (unpaired) electrons. The number of carbonyl (C=O) groups is 1. The second-order valence-corrected chi connectivity index (χ2v) is 7.57. The summed E-state index contributed by atoms with van der Waals surface area (Å²) in [6, 6.07) is 4.82. The monoisotopic (exact) mass is 480 g/mol. The lowest BCUT2D eigenvalue weighted by Gasteiger charge is -2.16. The van der Waals surface area contributed by atoms with Crippen LogP contribution in [0, 0.1) is 5.92 Å². The summed E-state index contributed by atoms with van der Waals surface area (Å²) in [6.07, 6.45) is 0.277. The molecule has 3 rings (SSSR count). The Labute approximate surface area is 161 Å². The fourth-order valence-corrected chi connectivity index (χ4v) is 3.71. The summed E-state index contributed by atoms with van der Waals surface area (Å²) in [4.78, 5) is 11.0.